The molecule has 1 amide bonds. The molecule has 0 aliphatic carbocycles. The zero-order chi connectivity index (χ0) is 21.7. The summed E-state index contributed by atoms with van der Waals surface area (Å²) in [4.78, 5) is 16.2. The fourth-order valence-electron chi connectivity index (χ4n) is 3.89. The monoisotopic (exact) mass is 410 g/mol. The van der Waals surface area contributed by atoms with Crippen LogP contribution in [0.1, 0.15) is 26.0 Å². The molecule has 1 aromatic heterocycles. The number of carbonyl (C=O) groups is 1. The Balaban J connectivity index is 1.96. The van der Waals surface area contributed by atoms with Crippen LogP contribution >= 0.6 is 0 Å². The lowest BCUT2D eigenvalue weighted by Crippen LogP contribution is -2.46. The number of nitriles is 1. The smallest absolute Gasteiger partial charge is 0.240 e. The second-order valence-electron chi connectivity index (χ2n) is 8.07. The van der Waals surface area contributed by atoms with Crippen molar-refractivity contribution in [2.45, 2.75) is 33.2 Å². The number of hydrogen-bond donors (Lipinski definition) is 2. The van der Waals surface area contributed by atoms with E-state index in [9.17, 15) is 10.1 Å². The van der Waals surface area contributed by atoms with Crippen LogP contribution in [0.4, 0.5) is 11.6 Å². The first kappa shape index (κ1) is 21.7. The van der Waals surface area contributed by atoms with E-state index in [1.807, 2.05) is 32.9 Å². The molecule has 0 radical (unpaired) electrons. The molecule has 160 valence electrons. The second-order valence-corrected chi connectivity index (χ2v) is 8.07. The minimum Gasteiger partial charge on any atom is -0.369 e. The maximum absolute atomic E-state index is 12.2. The number of nitrogens with zero attached hydrogens (tertiary/aromatic N) is 4. The van der Waals surface area contributed by atoms with Crippen LogP contribution in [0.15, 0.2) is 28.8 Å². The number of nitrogens with one attached hydrogen (secondary N) is 1. The lowest BCUT2D eigenvalue weighted by molar-refractivity contribution is -0.119. The van der Waals surface area contributed by atoms with Gasteiger partial charge in [0.25, 0.3) is 0 Å². The number of anilines is 2. The molecule has 1 aliphatic heterocycles. The van der Waals surface area contributed by atoms with Crippen molar-refractivity contribution in [1.29, 1.82) is 5.26 Å². The van der Waals surface area contributed by atoms with Gasteiger partial charge in [0.2, 0.25) is 11.8 Å². The zero-order valence-corrected chi connectivity index (χ0v) is 17.9. The molecule has 2 aromatic rings. The van der Waals surface area contributed by atoms with E-state index in [2.05, 4.69) is 33.6 Å². The minimum atomic E-state index is -0.643. The number of aryl methyl sites for hydroxylation is 1. The number of carbonyl (C=O) groups excluding carboxylic acids is 1. The number of nitrogens with two attached hydrogens (primary N) is 1. The van der Waals surface area contributed by atoms with E-state index in [-0.39, 0.29) is 12.5 Å². The number of benzene rings is 1. The lowest BCUT2D eigenvalue weighted by atomic mass is 10.00. The van der Waals surface area contributed by atoms with Crippen LogP contribution in [-0.4, -0.2) is 49.8 Å². The van der Waals surface area contributed by atoms with E-state index in [4.69, 9.17) is 10.3 Å². The topological polar surface area (TPSA) is 111 Å². The van der Waals surface area contributed by atoms with Gasteiger partial charge in [-0.2, -0.15) is 5.26 Å². The largest absolute Gasteiger partial charge is 0.369 e. The van der Waals surface area contributed by atoms with Crippen LogP contribution in [0.2, 0.25) is 0 Å². The number of primary amides is 1. The average Bonchev–Trinajstić information content (AvgIpc) is 3.12. The summed E-state index contributed by atoms with van der Waals surface area (Å²) >= 11 is 0. The molecule has 8 heteroatoms. The fraction of sp³-hybridized carbons (Fsp3) is 0.500. The van der Waals surface area contributed by atoms with Crippen molar-refractivity contribution in [2.24, 2.45) is 11.7 Å². The first-order chi connectivity index (χ1) is 14.4. The molecule has 0 unspecified atom stereocenters. The van der Waals surface area contributed by atoms with Gasteiger partial charge in [0.1, 0.15) is 12.6 Å². The van der Waals surface area contributed by atoms with Gasteiger partial charge in [-0.15, -0.1) is 0 Å². The molecule has 1 aliphatic rings. The highest BCUT2D eigenvalue weighted by Crippen LogP contribution is 2.36. The molecule has 8 nitrogen and oxygen atoms in total. The predicted octanol–water partition coefficient (Wildman–Crippen LogP) is 2.29. The maximum Gasteiger partial charge on any atom is 0.240 e. The Labute approximate surface area is 177 Å². The van der Waals surface area contributed by atoms with E-state index in [0.717, 1.165) is 37.3 Å². The van der Waals surface area contributed by atoms with Crippen LogP contribution in [0.3, 0.4) is 0 Å². The molecule has 3 rings (SSSR count). The van der Waals surface area contributed by atoms with Gasteiger partial charge in [-0.1, -0.05) is 31.1 Å². The van der Waals surface area contributed by atoms with Gasteiger partial charge in [-0.05, 0) is 37.0 Å². The molecular formula is C22H30N6O2. The Hall–Kier alpha value is -3.05. The predicted molar refractivity (Wildman–Crippen MR) is 117 cm³/mol. The number of amides is 1. The van der Waals surface area contributed by atoms with Crippen molar-refractivity contribution in [3.63, 3.8) is 0 Å². The van der Waals surface area contributed by atoms with Crippen molar-refractivity contribution in [3.05, 3.63) is 30.0 Å². The molecule has 0 bridgehead atoms. The summed E-state index contributed by atoms with van der Waals surface area (Å²) in [5.41, 5.74) is 9.27. The summed E-state index contributed by atoms with van der Waals surface area (Å²) in [6.45, 7) is 9.78. The third-order valence-electron chi connectivity index (χ3n) is 5.38. The lowest BCUT2D eigenvalue weighted by Gasteiger charge is -2.30. The first-order valence-electron chi connectivity index (χ1n) is 10.4. The molecule has 2 heterocycles. The summed E-state index contributed by atoms with van der Waals surface area (Å²) in [5, 5.41) is 16.9. The Morgan fingerprint density at radius 3 is 2.57 bits per heavy atom. The molecular weight excluding hydrogens is 380 g/mol. The number of rotatable bonds is 8. The number of hydrogen-bond acceptors (Lipinski definition) is 7. The van der Waals surface area contributed by atoms with Gasteiger partial charge in [0.15, 0.2) is 0 Å². The van der Waals surface area contributed by atoms with E-state index >= 15 is 0 Å². The Kier molecular flexibility index (Phi) is 6.95. The van der Waals surface area contributed by atoms with Gasteiger partial charge in [0, 0.05) is 31.9 Å². The Morgan fingerprint density at radius 2 is 2.00 bits per heavy atom. The maximum atomic E-state index is 12.2. The van der Waals surface area contributed by atoms with Gasteiger partial charge >= 0.3 is 0 Å². The van der Waals surface area contributed by atoms with Crippen molar-refractivity contribution in [2.75, 3.05) is 42.5 Å². The van der Waals surface area contributed by atoms with Crippen LogP contribution in [-0.2, 0) is 4.79 Å². The van der Waals surface area contributed by atoms with Crippen molar-refractivity contribution in [3.8, 4) is 17.2 Å². The average molecular weight is 411 g/mol. The van der Waals surface area contributed by atoms with Gasteiger partial charge in [-0.25, -0.2) is 0 Å². The molecule has 3 N–H and O–H groups in total. The molecule has 30 heavy (non-hydrogen) atoms. The third kappa shape index (κ3) is 4.74. The van der Waals surface area contributed by atoms with E-state index in [0.29, 0.717) is 18.0 Å². The third-order valence-corrected chi connectivity index (χ3v) is 5.38. The number of piperazine rings is 1. The van der Waals surface area contributed by atoms with Crippen molar-refractivity contribution >= 4 is 17.5 Å². The summed E-state index contributed by atoms with van der Waals surface area (Å²) in [7, 11) is 0. The Bertz CT molecular complexity index is 893. The van der Waals surface area contributed by atoms with E-state index in [1.54, 1.807) is 4.90 Å². The Morgan fingerprint density at radius 1 is 1.33 bits per heavy atom. The summed E-state index contributed by atoms with van der Waals surface area (Å²) in [6, 6.07) is 9.74. The molecule has 1 saturated heterocycles. The highest BCUT2D eigenvalue weighted by atomic mass is 16.5. The van der Waals surface area contributed by atoms with Gasteiger partial charge in [-0.3, -0.25) is 4.79 Å². The molecule has 1 aromatic carbocycles. The standard InChI is InChI=1S/C22H30N6O2/c1-15(2)14-19(21(24)29)28(11-8-23)22-20(16(3)26-30-22)17-4-6-18(7-5-17)27-12-9-25-10-13-27/h4-7,15,19,25H,9-14H2,1-3H3,(H2,24,29)/t19-/m0/s1. The quantitative estimate of drug-likeness (QED) is 0.642. The van der Waals surface area contributed by atoms with Crippen LogP contribution in [0.25, 0.3) is 11.1 Å². The van der Waals surface area contributed by atoms with Gasteiger partial charge in [0.05, 0.1) is 17.3 Å². The minimum absolute atomic E-state index is 0.0131. The number of aromatic nitrogens is 1. The van der Waals surface area contributed by atoms with E-state index < -0.39 is 11.9 Å². The highest BCUT2D eigenvalue weighted by Gasteiger charge is 2.31. The molecule has 1 fully saturated rings. The van der Waals surface area contributed by atoms with Crippen molar-refractivity contribution < 1.29 is 9.32 Å². The van der Waals surface area contributed by atoms with E-state index in [1.165, 1.54) is 5.69 Å². The molecule has 0 saturated carbocycles. The summed E-state index contributed by atoms with van der Waals surface area (Å²) in [5.74, 6) is 0.163. The normalized spacial score (nSPS) is 15.1. The van der Waals surface area contributed by atoms with Crippen LogP contribution in [0.5, 0.6) is 0 Å². The fourth-order valence-corrected chi connectivity index (χ4v) is 3.89. The van der Waals surface area contributed by atoms with Crippen molar-refractivity contribution in [1.82, 2.24) is 10.5 Å². The summed E-state index contributed by atoms with van der Waals surface area (Å²) in [6.07, 6.45) is 0.526. The zero-order valence-electron chi connectivity index (χ0n) is 17.9. The first-order valence-corrected chi connectivity index (χ1v) is 10.4. The highest BCUT2D eigenvalue weighted by molar-refractivity contribution is 5.86. The second kappa shape index (κ2) is 9.63. The van der Waals surface area contributed by atoms with Gasteiger partial charge < -0.3 is 25.4 Å². The van der Waals surface area contributed by atoms with Crippen LogP contribution in [0, 0.1) is 24.2 Å². The SMILES string of the molecule is Cc1noc(N(CC#N)[C@@H](CC(C)C)C(N)=O)c1-c1ccc(N2CCNCC2)cc1. The molecule has 1 atom stereocenters. The summed E-state index contributed by atoms with van der Waals surface area (Å²) < 4.78 is 5.62. The molecule has 0 spiro atoms. The van der Waals surface area contributed by atoms with Crippen LogP contribution < -0.4 is 20.9 Å².